The lowest BCUT2D eigenvalue weighted by Crippen LogP contribution is -2.52. The number of amides is 1. The van der Waals surface area contributed by atoms with E-state index < -0.39 is 23.8 Å². The molecular weight excluding hydrogens is 382 g/mol. The van der Waals surface area contributed by atoms with Crippen LogP contribution in [0.5, 0.6) is 0 Å². The van der Waals surface area contributed by atoms with Gasteiger partial charge < -0.3 is 14.6 Å². The van der Waals surface area contributed by atoms with Crippen LogP contribution in [0.25, 0.3) is 11.1 Å². The van der Waals surface area contributed by atoms with Crippen molar-refractivity contribution in [1.82, 2.24) is 4.90 Å². The fraction of sp³-hybridized carbons (Fsp3) is 0.417. The van der Waals surface area contributed by atoms with Crippen LogP contribution in [-0.4, -0.2) is 47.0 Å². The third kappa shape index (κ3) is 2.89. The number of rotatable bonds is 3. The summed E-state index contributed by atoms with van der Waals surface area (Å²) in [4.78, 5) is 26.3. The molecule has 2 aromatic carbocycles. The Labute approximate surface area is 175 Å². The van der Waals surface area contributed by atoms with Gasteiger partial charge in [0.25, 0.3) is 0 Å². The Bertz CT molecular complexity index is 959. The van der Waals surface area contributed by atoms with Gasteiger partial charge in [0, 0.05) is 5.92 Å². The molecule has 1 spiro atoms. The fourth-order valence-corrected chi connectivity index (χ4v) is 5.37. The van der Waals surface area contributed by atoms with Gasteiger partial charge >= 0.3 is 12.1 Å². The molecule has 0 radical (unpaired) electrons. The van der Waals surface area contributed by atoms with Crippen LogP contribution in [0.4, 0.5) is 4.79 Å². The van der Waals surface area contributed by atoms with Crippen molar-refractivity contribution in [3.05, 3.63) is 59.7 Å². The maximum atomic E-state index is 13.2. The Balaban J connectivity index is 1.40. The normalized spacial score (nSPS) is 27.3. The van der Waals surface area contributed by atoms with Crippen molar-refractivity contribution in [1.29, 1.82) is 0 Å². The number of benzene rings is 2. The molecule has 0 aromatic heterocycles. The van der Waals surface area contributed by atoms with Crippen LogP contribution >= 0.6 is 0 Å². The highest BCUT2D eigenvalue weighted by Gasteiger charge is 2.56. The molecule has 156 valence electrons. The topological polar surface area (TPSA) is 76.1 Å². The number of aliphatic carboxylic acids is 1. The zero-order chi connectivity index (χ0) is 20.9. The second-order valence-electron chi connectivity index (χ2n) is 8.63. The highest BCUT2D eigenvalue weighted by molar-refractivity contribution is 5.82. The van der Waals surface area contributed by atoms with Gasteiger partial charge in [0.05, 0.1) is 6.61 Å². The van der Waals surface area contributed by atoms with Crippen molar-refractivity contribution < 1.29 is 24.2 Å². The molecule has 2 fully saturated rings. The first-order chi connectivity index (χ1) is 14.5. The molecule has 3 atom stereocenters. The summed E-state index contributed by atoms with van der Waals surface area (Å²) in [6, 6.07) is 15.3. The van der Waals surface area contributed by atoms with Crippen LogP contribution in [0.2, 0.25) is 0 Å². The monoisotopic (exact) mass is 407 g/mol. The SMILES string of the molecule is CC1CCC2(C1)OCC(C(=O)O)N2C(=O)OCC1c2ccccc2-c2ccccc21. The average Bonchev–Trinajstić information content (AvgIpc) is 3.40. The van der Waals surface area contributed by atoms with Gasteiger partial charge in [-0.15, -0.1) is 0 Å². The third-order valence-electron chi connectivity index (χ3n) is 6.77. The number of carbonyl (C=O) groups is 2. The molecule has 1 amide bonds. The molecule has 1 saturated carbocycles. The van der Waals surface area contributed by atoms with Crippen molar-refractivity contribution in [2.75, 3.05) is 13.2 Å². The van der Waals surface area contributed by atoms with Crippen molar-refractivity contribution >= 4 is 12.1 Å². The number of hydrogen-bond donors (Lipinski definition) is 1. The number of hydrogen-bond acceptors (Lipinski definition) is 4. The van der Waals surface area contributed by atoms with E-state index in [9.17, 15) is 14.7 Å². The lowest BCUT2D eigenvalue weighted by Gasteiger charge is -2.34. The molecule has 1 saturated heterocycles. The predicted molar refractivity (Wildman–Crippen MR) is 110 cm³/mol. The van der Waals surface area contributed by atoms with E-state index in [0.717, 1.165) is 28.7 Å². The quantitative estimate of drug-likeness (QED) is 0.824. The van der Waals surface area contributed by atoms with Crippen molar-refractivity contribution in [3.63, 3.8) is 0 Å². The Morgan fingerprint density at radius 1 is 1.13 bits per heavy atom. The Kier molecular flexibility index (Phi) is 4.54. The van der Waals surface area contributed by atoms with E-state index in [1.807, 2.05) is 24.3 Å². The lowest BCUT2D eigenvalue weighted by atomic mass is 9.98. The second-order valence-corrected chi connectivity index (χ2v) is 8.63. The van der Waals surface area contributed by atoms with Crippen LogP contribution in [-0.2, 0) is 14.3 Å². The Morgan fingerprint density at radius 2 is 1.77 bits per heavy atom. The Morgan fingerprint density at radius 3 is 2.33 bits per heavy atom. The predicted octanol–water partition coefficient (Wildman–Crippen LogP) is 4.24. The summed E-state index contributed by atoms with van der Waals surface area (Å²) in [5, 5.41) is 9.65. The molecule has 0 bridgehead atoms. The smallest absolute Gasteiger partial charge is 0.412 e. The summed E-state index contributed by atoms with van der Waals surface area (Å²) in [6.45, 7) is 2.27. The van der Waals surface area contributed by atoms with E-state index >= 15 is 0 Å². The standard InChI is InChI=1S/C24H25NO5/c1-15-10-11-24(12-15)25(21(14-30-24)22(26)27)23(28)29-13-20-18-8-4-2-6-16(18)17-7-3-5-9-19(17)20/h2-9,15,20-21H,10-14H2,1H3,(H,26,27). The van der Waals surface area contributed by atoms with Gasteiger partial charge in [0.1, 0.15) is 12.3 Å². The first kappa shape index (κ1) is 19.1. The summed E-state index contributed by atoms with van der Waals surface area (Å²) >= 11 is 0. The molecule has 2 aliphatic carbocycles. The van der Waals surface area contributed by atoms with E-state index in [2.05, 4.69) is 31.2 Å². The molecule has 1 N–H and O–H groups in total. The molecule has 3 aliphatic rings. The van der Waals surface area contributed by atoms with Crippen LogP contribution in [0.15, 0.2) is 48.5 Å². The fourth-order valence-electron chi connectivity index (χ4n) is 5.37. The number of carboxylic acids is 1. The summed E-state index contributed by atoms with van der Waals surface area (Å²) in [5.41, 5.74) is 3.71. The maximum absolute atomic E-state index is 13.2. The second kappa shape index (κ2) is 7.13. The van der Waals surface area contributed by atoms with Crippen LogP contribution in [0.1, 0.15) is 43.2 Å². The van der Waals surface area contributed by atoms with Gasteiger partial charge in [-0.2, -0.15) is 0 Å². The highest BCUT2D eigenvalue weighted by Crippen LogP contribution is 2.46. The number of ether oxygens (including phenoxy) is 2. The molecule has 3 unspecified atom stereocenters. The zero-order valence-electron chi connectivity index (χ0n) is 16.9. The molecule has 1 aliphatic heterocycles. The first-order valence-corrected chi connectivity index (χ1v) is 10.5. The molecular formula is C24H25NO5. The molecule has 1 heterocycles. The molecule has 2 aromatic rings. The van der Waals surface area contributed by atoms with Crippen LogP contribution < -0.4 is 0 Å². The first-order valence-electron chi connectivity index (χ1n) is 10.5. The van der Waals surface area contributed by atoms with E-state index in [0.29, 0.717) is 18.8 Å². The van der Waals surface area contributed by atoms with Crippen LogP contribution in [0, 0.1) is 5.92 Å². The molecule has 6 heteroatoms. The summed E-state index contributed by atoms with van der Waals surface area (Å²) < 4.78 is 11.7. The summed E-state index contributed by atoms with van der Waals surface area (Å²) in [5.74, 6) is -0.743. The summed E-state index contributed by atoms with van der Waals surface area (Å²) in [7, 11) is 0. The minimum absolute atomic E-state index is 0.00620. The van der Waals surface area contributed by atoms with E-state index in [-0.39, 0.29) is 19.1 Å². The van der Waals surface area contributed by atoms with Gasteiger partial charge in [0.15, 0.2) is 6.04 Å². The molecule has 30 heavy (non-hydrogen) atoms. The van der Waals surface area contributed by atoms with E-state index in [1.54, 1.807) is 0 Å². The maximum Gasteiger partial charge on any atom is 0.412 e. The lowest BCUT2D eigenvalue weighted by molar-refractivity contribution is -0.143. The highest BCUT2D eigenvalue weighted by atomic mass is 16.6. The van der Waals surface area contributed by atoms with Crippen molar-refractivity contribution in [2.24, 2.45) is 5.92 Å². The molecule has 5 rings (SSSR count). The van der Waals surface area contributed by atoms with Gasteiger partial charge in [-0.25, -0.2) is 9.59 Å². The number of carbonyl (C=O) groups excluding carboxylic acids is 1. The van der Waals surface area contributed by atoms with Gasteiger partial charge in [0.2, 0.25) is 0 Å². The number of carboxylic acid groups (broad SMARTS) is 1. The minimum atomic E-state index is -1.06. The van der Waals surface area contributed by atoms with Crippen molar-refractivity contribution in [3.8, 4) is 11.1 Å². The number of fused-ring (bicyclic) bond motifs is 3. The molecule has 6 nitrogen and oxygen atoms in total. The minimum Gasteiger partial charge on any atom is -0.480 e. The third-order valence-corrected chi connectivity index (χ3v) is 6.77. The van der Waals surface area contributed by atoms with E-state index in [1.165, 1.54) is 4.90 Å². The van der Waals surface area contributed by atoms with E-state index in [4.69, 9.17) is 9.47 Å². The van der Waals surface area contributed by atoms with Gasteiger partial charge in [-0.3, -0.25) is 4.90 Å². The zero-order valence-corrected chi connectivity index (χ0v) is 16.9. The largest absolute Gasteiger partial charge is 0.480 e. The summed E-state index contributed by atoms with van der Waals surface area (Å²) in [6.07, 6.45) is 1.58. The van der Waals surface area contributed by atoms with Gasteiger partial charge in [-0.1, -0.05) is 55.5 Å². The van der Waals surface area contributed by atoms with Crippen molar-refractivity contribution in [2.45, 2.75) is 43.9 Å². The average molecular weight is 407 g/mol. The van der Waals surface area contributed by atoms with Gasteiger partial charge in [-0.05, 0) is 47.4 Å². The van der Waals surface area contributed by atoms with Crippen LogP contribution in [0.3, 0.4) is 0 Å². The Hall–Kier alpha value is -2.86. The number of nitrogens with zero attached hydrogens (tertiary/aromatic N) is 1.